The molecule has 0 aliphatic carbocycles. The van der Waals surface area contributed by atoms with Crippen molar-refractivity contribution in [3.8, 4) is 0 Å². The molecule has 2 rings (SSSR count). The van der Waals surface area contributed by atoms with E-state index in [2.05, 4.69) is 10.0 Å². The van der Waals surface area contributed by atoms with Gasteiger partial charge >= 0.3 is 5.97 Å². The quantitative estimate of drug-likeness (QED) is 0.577. The molecular formula is C20H26N2O4S. The van der Waals surface area contributed by atoms with E-state index in [1.54, 1.807) is 6.92 Å². The SMILES string of the molecule is CCC[C@H](C)NS(=O)(=O)c1cc(C(=O)O)ccc1NCCc1ccccc1. The van der Waals surface area contributed by atoms with Crippen LogP contribution in [0.25, 0.3) is 0 Å². The number of anilines is 1. The summed E-state index contributed by atoms with van der Waals surface area (Å²) in [6, 6.07) is 13.7. The van der Waals surface area contributed by atoms with Gasteiger partial charge in [0.15, 0.2) is 0 Å². The molecule has 0 saturated heterocycles. The van der Waals surface area contributed by atoms with Gasteiger partial charge in [0.25, 0.3) is 0 Å². The van der Waals surface area contributed by atoms with Gasteiger partial charge in [-0.3, -0.25) is 0 Å². The molecule has 6 nitrogen and oxygen atoms in total. The highest BCUT2D eigenvalue weighted by Crippen LogP contribution is 2.24. The Morgan fingerprint density at radius 2 is 1.85 bits per heavy atom. The number of benzene rings is 2. The molecule has 146 valence electrons. The number of hydrogen-bond acceptors (Lipinski definition) is 4. The zero-order chi connectivity index (χ0) is 19.9. The summed E-state index contributed by atoms with van der Waals surface area (Å²) in [7, 11) is -3.84. The van der Waals surface area contributed by atoms with Crippen LogP contribution in [0.3, 0.4) is 0 Å². The fourth-order valence-corrected chi connectivity index (χ4v) is 4.32. The van der Waals surface area contributed by atoms with Crippen molar-refractivity contribution in [1.29, 1.82) is 0 Å². The minimum Gasteiger partial charge on any atom is -0.478 e. The topological polar surface area (TPSA) is 95.5 Å². The Kier molecular flexibility index (Phi) is 7.38. The van der Waals surface area contributed by atoms with Gasteiger partial charge in [-0.05, 0) is 43.5 Å². The number of carboxylic acid groups (broad SMARTS) is 1. The fraction of sp³-hybridized carbons (Fsp3) is 0.350. The van der Waals surface area contributed by atoms with Crippen LogP contribution in [0.4, 0.5) is 5.69 Å². The maximum Gasteiger partial charge on any atom is 0.335 e. The second kappa shape index (κ2) is 9.53. The Morgan fingerprint density at radius 3 is 2.48 bits per heavy atom. The van der Waals surface area contributed by atoms with E-state index >= 15 is 0 Å². The van der Waals surface area contributed by atoms with Gasteiger partial charge in [-0.15, -0.1) is 0 Å². The van der Waals surface area contributed by atoms with Crippen molar-refractivity contribution in [2.45, 2.75) is 44.0 Å². The van der Waals surface area contributed by atoms with Crippen LogP contribution >= 0.6 is 0 Å². The predicted octanol–water partition coefficient (Wildman–Crippen LogP) is 3.51. The highest BCUT2D eigenvalue weighted by molar-refractivity contribution is 7.89. The van der Waals surface area contributed by atoms with Gasteiger partial charge in [-0.25, -0.2) is 17.9 Å². The standard InChI is InChI=1S/C20H26N2O4S/c1-3-7-15(2)22-27(25,26)19-14-17(20(23)24)10-11-18(19)21-13-12-16-8-5-4-6-9-16/h4-6,8-11,14-15,21-22H,3,7,12-13H2,1-2H3,(H,23,24)/t15-/m0/s1. The summed E-state index contributed by atoms with van der Waals surface area (Å²) >= 11 is 0. The molecular weight excluding hydrogens is 364 g/mol. The van der Waals surface area contributed by atoms with Crippen molar-refractivity contribution in [2.24, 2.45) is 0 Å². The van der Waals surface area contributed by atoms with E-state index < -0.39 is 16.0 Å². The molecule has 0 spiro atoms. The molecule has 2 aromatic rings. The van der Waals surface area contributed by atoms with Crippen molar-refractivity contribution < 1.29 is 18.3 Å². The fourth-order valence-electron chi connectivity index (χ4n) is 2.83. The molecule has 0 amide bonds. The first-order valence-electron chi connectivity index (χ1n) is 9.01. The number of nitrogens with one attached hydrogen (secondary N) is 2. The molecule has 0 radical (unpaired) electrons. The van der Waals surface area contributed by atoms with E-state index in [1.165, 1.54) is 18.2 Å². The van der Waals surface area contributed by atoms with Gasteiger partial charge < -0.3 is 10.4 Å². The monoisotopic (exact) mass is 390 g/mol. The number of hydrogen-bond donors (Lipinski definition) is 3. The van der Waals surface area contributed by atoms with E-state index in [0.717, 1.165) is 18.4 Å². The third kappa shape index (κ3) is 6.08. The van der Waals surface area contributed by atoms with Gasteiger partial charge in [-0.1, -0.05) is 43.7 Å². The average Bonchev–Trinajstić information content (AvgIpc) is 2.62. The lowest BCUT2D eigenvalue weighted by Crippen LogP contribution is -2.33. The molecule has 3 N–H and O–H groups in total. The van der Waals surface area contributed by atoms with E-state index in [4.69, 9.17) is 0 Å². The van der Waals surface area contributed by atoms with Crippen LogP contribution in [0.1, 0.15) is 42.6 Å². The minimum absolute atomic E-state index is 0.0431. The van der Waals surface area contributed by atoms with Crippen molar-refractivity contribution in [3.05, 3.63) is 59.7 Å². The van der Waals surface area contributed by atoms with E-state index in [-0.39, 0.29) is 16.5 Å². The molecule has 0 unspecified atom stereocenters. The molecule has 7 heteroatoms. The largest absolute Gasteiger partial charge is 0.478 e. The molecule has 0 saturated carbocycles. The van der Waals surface area contributed by atoms with E-state index in [0.29, 0.717) is 18.7 Å². The lowest BCUT2D eigenvalue weighted by Gasteiger charge is -2.17. The van der Waals surface area contributed by atoms with Gasteiger partial charge in [0.1, 0.15) is 4.90 Å². The summed E-state index contributed by atoms with van der Waals surface area (Å²) in [4.78, 5) is 11.2. The number of aromatic carboxylic acids is 1. The minimum atomic E-state index is -3.84. The summed E-state index contributed by atoms with van der Waals surface area (Å²) < 4.78 is 28.2. The molecule has 1 atom stereocenters. The van der Waals surface area contributed by atoms with Crippen molar-refractivity contribution in [3.63, 3.8) is 0 Å². The second-order valence-corrected chi connectivity index (χ2v) is 8.17. The van der Waals surface area contributed by atoms with Gasteiger partial charge in [0.05, 0.1) is 11.3 Å². The average molecular weight is 391 g/mol. The Morgan fingerprint density at radius 1 is 1.15 bits per heavy atom. The Hall–Kier alpha value is -2.38. The summed E-state index contributed by atoms with van der Waals surface area (Å²) in [5.74, 6) is -1.16. The van der Waals surface area contributed by atoms with Crippen LogP contribution in [0.5, 0.6) is 0 Å². The highest BCUT2D eigenvalue weighted by atomic mass is 32.2. The normalized spacial score (nSPS) is 12.5. The van der Waals surface area contributed by atoms with Crippen LogP contribution in [0.2, 0.25) is 0 Å². The smallest absolute Gasteiger partial charge is 0.335 e. The van der Waals surface area contributed by atoms with E-state index in [9.17, 15) is 18.3 Å². The predicted molar refractivity (Wildman–Crippen MR) is 107 cm³/mol. The van der Waals surface area contributed by atoms with E-state index in [1.807, 2.05) is 37.3 Å². The summed E-state index contributed by atoms with van der Waals surface area (Å²) in [5, 5.41) is 12.3. The molecule has 0 aliphatic rings. The molecule has 0 fully saturated rings. The number of rotatable bonds is 10. The Labute approximate surface area is 160 Å². The lowest BCUT2D eigenvalue weighted by atomic mass is 10.1. The van der Waals surface area contributed by atoms with Crippen molar-refractivity contribution in [1.82, 2.24) is 4.72 Å². The third-order valence-electron chi connectivity index (χ3n) is 4.17. The first-order valence-corrected chi connectivity index (χ1v) is 10.5. The number of carboxylic acids is 1. The first-order chi connectivity index (χ1) is 12.8. The molecule has 0 aliphatic heterocycles. The molecule has 2 aromatic carbocycles. The van der Waals surface area contributed by atoms with Gasteiger partial charge in [0.2, 0.25) is 10.0 Å². The van der Waals surface area contributed by atoms with Crippen LogP contribution in [0.15, 0.2) is 53.4 Å². The first kappa shape index (κ1) is 20.9. The van der Waals surface area contributed by atoms with Crippen LogP contribution in [-0.4, -0.2) is 32.1 Å². The zero-order valence-corrected chi connectivity index (χ0v) is 16.4. The Balaban J connectivity index is 2.24. The highest BCUT2D eigenvalue weighted by Gasteiger charge is 2.22. The summed E-state index contributed by atoms with van der Waals surface area (Å²) in [5.41, 5.74) is 1.46. The van der Waals surface area contributed by atoms with Crippen LogP contribution in [-0.2, 0) is 16.4 Å². The lowest BCUT2D eigenvalue weighted by molar-refractivity contribution is 0.0696. The van der Waals surface area contributed by atoms with Gasteiger partial charge in [0, 0.05) is 12.6 Å². The summed E-state index contributed by atoms with van der Waals surface area (Å²) in [6.45, 7) is 4.31. The second-order valence-electron chi connectivity index (χ2n) is 6.49. The number of sulfonamides is 1. The molecule has 27 heavy (non-hydrogen) atoms. The van der Waals surface area contributed by atoms with Crippen molar-refractivity contribution in [2.75, 3.05) is 11.9 Å². The molecule has 0 aromatic heterocycles. The van der Waals surface area contributed by atoms with Gasteiger partial charge in [-0.2, -0.15) is 0 Å². The third-order valence-corrected chi connectivity index (χ3v) is 5.80. The maximum atomic E-state index is 12.8. The molecule has 0 heterocycles. The maximum absolute atomic E-state index is 12.8. The molecule has 0 bridgehead atoms. The Bertz CT molecular complexity index is 867. The van der Waals surface area contributed by atoms with Crippen LogP contribution in [0, 0.1) is 0 Å². The van der Waals surface area contributed by atoms with Crippen LogP contribution < -0.4 is 10.0 Å². The zero-order valence-electron chi connectivity index (χ0n) is 15.6. The van der Waals surface area contributed by atoms with Crippen molar-refractivity contribution >= 4 is 21.7 Å². The summed E-state index contributed by atoms with van der Waals surface area (Å²) in [6.07, 6.45) is 2.27. The number of carbonyl (C=O) groups is 1.